The van der Waals surface area contributed by atoms with E-state index in [1.165, 1.54) is 7.11 Å². The van der Waals surface area contributed by atoms with Crippen molar-refractivity contribution in [2.75, 3.05) is 7.11 Å². The summed E-state index contributed by atoms with van der Waals surface area (Å²) in [6, 6.07) is 18.5. The first kappa shape index (κ1) is 26.1. The number of epoxide rings is 1. The van der Waals surface area contributed by atoms with Crippen LogP contribution in [0, 0.1) is 0 Å². The molecule has 1 aliphatic heterocycles. The molecule has 1 saturated heterocycles. The van der Waals surface area contributed by atoms with Gasteiger partial charge in [0.05, 0.1) is 13.2 Å². The van der Waals surface area contributed by atoms with E-state index >= 15 is 0 Å². The molecule has 0 aromatic heterocycles. The minimum atomic E-state index is -0.997. The van der Waals surface area contributed by atoms with Gasteiger partial charge in [0.25, 0.3) is 11.8 Å². The summed E-state index contributed by atoms with van der Waals surface area (Å²) in [6.45, 7) is 1.91. The first-order valence-corrected chi connectivity index (χ1v) is 12.0. The van der Waals surface area contributed by atoms with E-state index in [4.69, 9.17) is 16.3 Å². The van der Waals surface area contributed by atoms with Gasteiger partial charge in [-0.1, -0.05) is 60.1 Å². The number of esters is 1. The number of nitrogens with one attached hydrogen (secondary N) is 3. The van der Waals surface area contributed by atoms with Gasteiger partial charge in [0.15, 0.2) is 12.2 Å². The summed E-state index contributed by atoms with van der Waals surface area (Å²) in [6.07, 6.45) is -1.74. The first-order chi connectivity index (χ1) is 17.8. The third-order valence-electron chi connectivity index (χ3n) is 6.08. The van der Waals surface area contributed by atoms with Crippen LogP contribution in [0.25, 0.3) is 10.8 Å². The number of aryl methyl sites for hydroxylation is 1. The van der Waals surface area contributed by atoms with Crippen molar-refractivity contribution in [3.8, 4) is 0 Å². The van der Waals surface area contributed by atoms with E-state index in [0.29, 0.717) is 16.1 Å². The maximum absolute atomic E-state index is 13.2. The molecule has 10 heteroatoms. The summed E-state index contributed by atoms with van der Waals surface area (Å²) in [7, 11) is 1.19. The summed E-state index contributed by atoms with van der Waals surface area (Å²) in [5.74, 6) is -2.10. The number of hydrogen-bond acceptors (Lipinski definition) is 6. The van der Waals surface area contributed by atoms with E-state index in [2.05, 4.69) is 20.9 Å². The zero-order valence-electron chi connectivity index (χ0n) is 20.2. The minimum absolute atomic E-state index is 0.00692. The smallest absolute Gasteiger partial charge is 0.338 e. The van der Waals surface area contributed by atoms with Crippen molar-refractivity contribution in [1.82, 2.24) is 16.2 Å². The SMILES string of the molecule is COC(=O)C1OC1C(=O)NNC(=O)CCc1ccc(Cl)cc1C(=O)NC(C)c1cccc2ccccc12. The molecule has 1 fully saturated rings. The van der Waals surface area contributed by atoms with Crippen molar-refractivity contribution in [1.29, 1.82) is 0 Å². The van der Waals surface area contributed by atoms with Crippen molar-refractivity contribution in [2.24, 2.45) is 0 Å². The molecule has 3 unspecified atom stereocenters. The van der Waals surface area contributed by atoms with Crippen molar-refractivity contribution in [3.63, 3.8) is 0 Å². The van der Waals surface area contributed by atoms with Crippen molar-refractivity contribution < 1.29 is 28.7 Å². The molecule has 192 valence electrons. The molecule has 3 aromatic rings. The van der Waals surface area contributed by atoms with E-state index < -0.39 is 30.0 Å². The van der Waals surface area contributed by atoms with E-state index in [-0.39, 0.29) is 24.8 Å². The average Bonchev–Trinajstić information content (AvgIpc) is 3.71. The fourth-order valence-electron chi connectivity index (χ4n) is 4.08. The molecule has 0 bridgehead atoms. The van der Waals surface area contributed by atoms with Crippen molar-refractivity contribution in [3.05, 3.63) is 82.4 Å². The Kier molecular flexibility index (Phi) is 8.05. The highest BCUT2D eigenvalue weighted by molar-refractivity contribution is 6.31. The molecule has 9 nitrogen and oxygen atoms in total. The summed E-state index contributed by atoms with van der Waals surface area (Å²) in [4.78, 5) is 48.8. The van der Waals surface area contributed by atoms with Crippen molar-refractivity contribution >= 4 is 46.1 Å². The second kappa shape index (κ2) is 11.4. The van der Waals surface area contributed by atoms with E-state index in [1.807, 2.05) is 49.4 Å². The number of hydrazine groups is 1. The number of methoxy groups -OCH3 is 1. The number of hydrogen-bond donors (Lipinski definition) is 3. The van der Waals surface area contributed by atoms with Crippen LogP contribution in [-0.4, -0.2) is 43.0 Å². The molecule has 3 aromatic carbocycles. The summed E-state index contributed by atoms with van der Waals surface area (Å²) in [5.41, 5.74) is 6.49. The highest BCUT2D eigenvalue weighted by Crippen LogP contribution is 2.26. The van der Waals surface area contributed by atoms with Gasteiger partial charge in [-0.2, -0.15) is 0 Å². The number of rotatable bonds is 8. The summed E-state index contributed by atoms with van der Waals surface area (Å²) >= 11 is 6.17. The second-order valence-electron chi connectivity index (χ2n) is 8.60. The van der Waals surface area contributed by atoms with Crippen LogP contribution in [-0.2, 0) is 30.3 Å². The lowest BCUT2D eigenvalue weighted by Gasteiger charge is -2.18. The minimum Gasteiger partial charge on any atom is -0.467 e. The van der Waals surface area contributed by atoms with Gasteiger partial charge in [0.2, 0.25) is 5.91 Å². The maximum atomic E-state index is 13.2. The number of fused-ring (bicyclic) bond motifs is 1. The zero-order valence-corrected chi connectivity index (χ0v) is 21.0. The molecule has 1 aliphatic rings. The molecule has 0 aliphatic carbocycles. The molecule has 4 rings (SSSR count). The van der Waals surface area contributed by atoms with E-state index in [1.54, 1.807) is 18.2 Å². The highest BCUT2D eigenvalue weighted by atomic mass is 35.5. The number of benzene rings is 3. The van der Waals surface area contributed by atoms with Crippen LogP contribution in [0.15, 0.2) is 60.7 Å². The van der Waals surface area contributed by atoms with Crippen LogP contribution in [0.4, 0.5) is 0 Å². The van der Waals surface area contributed by atoms with Gasteiger partial charge in [0.1, 0.15) is 0 Å². The highest BCUT2D eigenvalue weighted by Gasteiger charge is 2.51. The Hall–Kier alpha value is -3.95. The predicted molar refractivity (Wildman–Crippen MR) is 137 cm³/mol. The van der Waals surface area contributed by atoms with Gasteiger partial charge in [-0.25, -0.2) is 4.79 Å². The Balaban J connectivity index is 1.36. The molecule has 3 N–H and O–H groups in total. The monoisotopic (exact) mass is 523 g/mol. The van der Waals surface area contributed by atoms with Crippen LogP contribution in [0.3, 0.4) is 0 Å². The molecular weight excluding hydrogens is 498 g/mol. The quantitative estimate of drug-likeness (QED) is 0.237. The van der Waals surface area contributed by atoms with Crippen LogP contribution in [0.5, 0.6) is 0 Å². The lowest BCUT2D eigenvalue weighted by molar-refractivity contribution is -0.142. The fraction of sp³-hybridized carbons (Fsp3) is 0.259. The van der Waals surface area contributed by atoms with Crippen LogP contribution in [0.2, 0.25) is 5.02 Å². The molecule has 0 spiro atoms. The lowest BCUT2D eigenvalue weighted by Crippen LogP contribution is -2.44. The Morgan fingerprint density at radius 3 is 2.54 bits per heavy atom. The number of ether oxygens (including phenoxy) is 2. The number of halogens is 1. The van der Waals surface area contributed by atoms with E-state index in [9.17, 15) is 19.2 Å². The molecule has 3 atom stereocenters. The number of carbonyl (C=O) groups excluding carboxylic acids is 4. The topological polar surface area (TPSA) is 126 Å². The Labute approximate surface area is 218 Å². The Bertz CT molecular complexity index is 1360. The number of amides is 3. The van der Waals surface area contributed by atoms with Gasteiger partial charge < -0.3 is 14.8 Å². The second-order valence-corrected chi connectivity index (χ2v) is 9.04. The first-order valence-electron chi connectivity index (χ1n) is 11.7. The molecule has 0 saturated carbocycles. The summed E-state index contributed by atoms with van der Waals surface area (Å²) < 4.78 is 9.44. The third kappa shape index (κ3) is 6.25. The van der Waals surface area contributed by atoms with Crippen LogP contribution in [0.1, 0.15) is 40.9 Å². The van der Waals surface area contributed by atoms with Crippen LogP contribution >= 0.6 is 11.6 Å². The Morgan fingerprint density at radius 1 is 1.00 bits per heavy atom. The number of carbonyl (C=O) groups is 4. The Morgan fingerprint density at radius 2 is 1.76 bits per heavy atom. The van der Waals surface area contributed by atoms with Gasteiger partial charge in [-0.3, -0.25) is 25.2 Å². The molecule has 1 heterocycles. The normalized spacial score (nSPS) is 16.9. The molecule has 0 radical (unpaired) electrons. The fourth-order valence-corrected chi connectivity index (χ4v) is 4.25. The summed E-state index contributed by atoms with van der Waals surface area (Å²) in [5, 5.41) is 5.56. The van der Waals surface area contributed by atoms with E-state index in [0.717, 1.165) is 16.3 Å². The van der Waals surface area contributed by atoms with Crippen molar-refractivity contribution in [2.45, 2.75) is 38.0 Å². The predicted octanol–water partition coefficient (Wildman–Crippen LogP) is 3.00. The molecule has 3 amide bonds. The average molecular weight is 524 g/mol. The standard InChI is InChI=1S/C27H26ClN3O6/c1-15(19-9-5-7-16-6-3-4-8-20(16)19)29-25(33)21-14-18(28)12-10-17(21)11-13-22(32)30-31-26(34)23-24(37-23)27(35)36-2/h3-10,12,14-15,23-24H,11,13H2,1-2H3,(H,29,33)(H,30,32)(H,31,34). The van der Waals surface area contributed by atoms with Crippen LogP contribution < -0.4 is 16.2 Å². The van der Waals surface area contributed by atoms with Gasteiger partial charge in [-0.05, 0) is 47.4 Å². The largest absolute Gasteiger partial charge is 0.467 e. The third-order valence-corrected chi connectivity index (χ3v) is 6.32. The molecular formula is C27H26ClN3O6. The maximum Gasteiger partial charge on any atom is 0.338 e. The van der Waals surface area contributed by atoms with Gasteiger partial charge in [-0.15, -0.1) is 0 Å². The van der Waals surface area contributed by atoms with Gasteiger partial charge in [0, 0.05) is 17.0 Å². The molecule has 37 heavy (non-hydrogen) atoms. The zero-order chi connectivity index (χ0) is 26.5. The van der Waals surface area contributed by atoms with Gasteiger partial charge >= 0.3 is 5.97 Å². The lowest BCUT2D eigenvalue weighted by atomic mass is 9.98.